The van der Waals surface area contributed by atoms with Crippen molar-refractivity contribution in [2.75, 3.05) is 76.7 Å². The number of nitrogens with zero attached hydrogens (tertiary/aromatic N) is 5. The molecule has 0 aliphatic carbocycles. The summed E-state index contributed by atoms with van der Waals surface area (Å²) < 4.78 is 16.4. The number of amides is 2. The Bertz CT molecular complexity index is 2210. The largest absolute Gasteiger partial charge is 0.491 e. The molecule has 0 aromatic heterocycles. The summed E-state index contributed by atoms with van der Waals surface area (Å²) in [5.41, 5.74) is 5.53. The van der Waals surface area contributed by atoms with Gasteiger partial charge >= 0.3 is 0 Å². The van der Waals surface area contributed by atoms with E-state index in [0.29, 0.717) is 103 Å². The Hall–Kier alpha value is -5.47. The number of benzene rings is 4. The van der Waals surface area contributed by atoms with Crippen LogP contribution in [0, 0.1) is 22.7 Å². The van der Waals surface area contributed by atoms with Crippen molar-refractivity contribution in [3.8, 4) is 23.6 Å². The number of carbonyl (C=O) groups excluding carboxylic acids is 2. The Labute approximate surface area is 333 Å². The molecule has 55 heavy (non-hydrogen) atoms. The number of nitrogens with one attached hydrogen (secondary N) is 2. The van der Waals surface area contributed by atoms with Crippen LogP contribution in [0.15, 0.2) is 82.8 Å². The lowest BCUT2D eigenvalue weighted by Crippen LogP contribution is -2.27. The predicted molar refractivity (Wildman–Crippen MR) is 215 cm³/mol. The maximum Gasteiger partial charge on any atom is 0.246 e. The van der Waals surface area contributed by atoms with Gasteiger partial charge < -0.3 is 29.7 Å². The first-order valence-electron chi connectivity index (χ1n) is 17.0. The fraction of sp³-hybridized carbons (Fsp3) is 0.250. The fourth-order valence-electron chi connectivity index (χ4n) is 5.61. The first-order valence-corrected chi connectivity index (χ1v) is 18.3. The number of carbonyl (C=O) groups is 2. The molecule has 2 N–H and O–H groups in total. The maximum atomic E-state index is 12.2. The standard InChI is InChI=1S/C22H23ClN4O3.C18H13Cl2N3O2/c1-27(7-9-29-2)8-10-30-20-12-19-17(11-15(20)13-24)22(25-14-21(28)26-19)16-5-3-4-6-18(16)23;19-5-6-25-16-8-15-13(7-11(16)9-21)18(22-10-17(24)23-15)12-3-1-2-4-14(12)20/h3-6,11-12H,7-10,14H2,1-2H3,(H,26,28);1-4,7-8H,5-6,10H2,(H,23,24). The smallest absolute Gasteiger partial charge is 0.246 e. The SMILES string of the molecule is COCCN(C)CCOc1cc2c(cc1C#N)C(c1ccccc1Cl)=NCC(=O)N2.N#Cc1cc2c(cc1OCCCl)NC(=O)CN=C2c1ccccc1Cl. The monoisotopic (exact) mass is 799 g/mol. The second-order valence-corrected chi connectivity index (χ2v) is 13.3. The van der Waals surface area contributed by atoms with Gasteiger partial charge in [-0.05, 0) is 31.3 Å². The molecule has 0 unspecified atom stereocenters. The molecule has 4 aromatic rings. The maximum absolute atomic E-state index is 12.2. The highest BCUT2D eigenvalue weighted by molar-refractivity contribution is 6.37. The van der Waals surface area contributed by atoms with E-state index in [1.165, 1.54) is 0 Å². The number of alkyl halides is 1. The summed E-state index contributed by atoms with van der Waals surface area (Å²) in [5.74, 6) is 0.574. The first-order chi connectivity index (χ1) is 26.7. The topological polar surface area (TPSA) is 161 Å². The summed E-state index contributed by atoms with van der Waals surface area (Å²) in [6, 6.07) is 25.4. The van der Waals surface area contributed by atoms with Crippen LogP contribution >= 0.6 is 34.8 Å². The lowest BCUT2D eigenvalue weighted by Gasteiger charge is -2.18. The molecule has 6 rings (SSSR count). The molecule has 0 saturated heterocycles. The number of fused-ring (bicyclic) bond motifs is 2. The number of anilines is 2. The van der Waals surface area contributed by atoms with Crippen LogP contribution in [0.3, 0.4) is 0 Å². The van der Waals surface area contributed by atoms with Gasteiger partial charge in [0.2, 0.25) is 11.8 Å². The number of hydrogen-bond acceptors (Lipinski definition) is 10. The van der Waals surface area contributed by atoms with Crippen LogP contribution in [0.2, 0.25) is 10.0 Å². The third kappa shape index (κ3) is 10.4. The highest BCUT2D eigenvalue weighted by atomic mass is 35.5. The highest BCUT2D eigenvalue weighted by Crippen LogP contribution is 2.34. The van der Waals surface area contributed by atoms with Crippen LogP contribution < -0.4 is 20.1 Å². The Morgan fingerprint density at radius 1 is 0.709 bits per heavy atom. The molecule has 0 saturated carbocycles. The van der Waals surface area contributed by atoms with Crippen LogP contribution in [0.4, 0.5) is 11.4 Å². The minimum atomic E-state index is -0.253. The van der Waals surface area contributed by atoms with Crippen LogP contribution in [0.1, 0.15) is 33.4 Å². The molecule has 2 aliphatic heterocycles. The molecular weight excluding hydrogens is 765 g/mol. The highest BCUT2D eigenvalue weighted by Gasteiger charge is 2.24. The third-order valence-electron chi connectivity index (χ3n) is 8.30. The molecule has 0 atom stereocenters. The van der Waals surface area contributed by atoms with E-state index in [2.05, 4.69) is 37.7 Å². The lowest BCUT2D eigenvalue weighted by atomic mass is 9.98. The van der Waals surface area contributed by atoms with Crippen molar-refractivity contribution in [1.29, 1.82) is 10.5 Å². The quantitative estimate of drug-likeness (QED) is 0.152. The molecule has 0 radical (unpaired) electrons. The number of ether oxygens (including phenoxy) is 3. The van der Waals surface area contributed by atoms with Crippen molar-refractivity contribution in [3.63, 3.8) is 0 Å². The van der Waals surface area contributed by atoms with E-state index in [-0.39, 0.29) is 31.5 Å². The summed E-state index contributed by atoms with van der Waals surface area (Å²) in [4.78, 5) is 35.1. The number of aliphatic imine (C=N–C) groups is 2. The second kappa shape index (κ2) is 19.7. The van der Waals surface area contributed by atoms with Gasteiger partial charge in [0.05, 0.1) is 46.4 Å². The molecule has 15 heteroatoms. The van der Waals surface area contributed by atoms with Crippen LogP contribution in [-0.4, -0.2) is 94.2 Å². The van der Waals surface area contributed by atoms with Crippen molar-refractivity contribution in [2.24, 2.45) is 9.98 Å². The second-order valence-electron chi connectivity index (χ2n) is 12.1. The number of likely N-dealkylation sites (N-methyl/N-ethyl adjacent to an activating group) is 1. The Balaban J connectivity index is 0.000000214. The normalized spacial score (nSPS) is 13.2. The van der Waals surface area contributed by atoms with Crippen molar-refractivity contribution in [3.05, 3.63) is 116 Å². The van der Waals surface area contributed by atoms with Gasteiger partial charge in [-0.25, -0.2) is 0 Å². The molecule has 2 heterocycles. The fourth-order valence-corrected chi connectivity index (χ4v) is 6.14. The van der Waals surface area contributed by atoms with Gasteiger partial charge in [0.1, 0.15) is 49.9 Å². The van der Waals surface area contributed by atoms with Crippen LogP contribution in [-0.2, 0) is 14.3 Å². The number of methoxy groups -OCH3 is 1. The summed E-state index contributed by atoms with van der Waals surface area (Å²) in [7, 11) is 3.63. The molecule has 282 valence electrons. The summed E-state index contributed by atoms with van der Waals surface area (Å²) in [5, 5.41) is 25.8. The van der Waals surface area contributed by atoms with E-state index in [1.807, 2.05) is 43.4 Å². The molecule has 12 nitrogen and oxygen atoms in total. The predicted octanol–water partition coefficient (Wildman–Crippen LogP) is 6.58. The average molecular weight is 801 g/mol. The number of benzodiazepines with no additional fused rings is 2. The Morgan fingerprint density at radius 2 is 1.16 bits per heavy atom. The van der Waals surface area contributed by atoms with E-state index >= 15 is 0 Å². The Morgan fingerprint density at radius 3 is 1.60 bits per heavy atom. The van der Waals surface area contributed by atoms with E-state index in [4.69, 9.17) is 49.0 Å². The zero-order valence-corrected chi connectivity index (χ0v) is 32.3. The molecule has 2 aliphatic rings. The van der Waals surface area contributed by atoms with Crippen molar-refractivity contribution < 1.29 is 23.8 Å². The molecule has 0 bridgehead atoms. The molecule has 4 aromatic carbocycles. The summed E-state index contributed by atoms with van der Waals surface area (Å²) in [6.45, 7) is 2.68. The van der Waals surface area contributed by atoms with Gasteiger partial charge in [-0.3, -0.25) is 19.6 Å². The van der Waals surface area contributed by atoms with Gasteiger partial charge in [-0.1, -0.05) is 59.6 Å². The van der Waals surface area contributed by atoms with E-state index in [0.717, 1.165) is 6.54 Å². The average Bonchev–Trinajstić information content (AvgIpc) is 3.45. The Kier molecular flexibility index (Phi) is 14.6. The number of rotatable bonds is 12. The van der Waals surface area contributed by atoms with Gasteiger partial charge in [0.25, 0.3) is 0 Å². The minimum absolute atomic E-state index is 0.0302. The number of hydrogen-bond donors (Lipinski definition) is 2. The van der Waals surface area contributed by atoms with Crippen LogP contribution in [0.25, 0.3) is 0 Å². The van der Waals surface area contributed by atoms with E-state index in [9.17, 15) is 20.1 Å². The van der Waals surface area contributed by atoms with Gasteiger partial charge in [-0.2, -0.15) is 10.5 Å². The molecule has 0 fully saturated rings. The third-order valence-corrected chi connectivity index (χ3v) is 9.11. The van der Waals surface area contributed by atoms with Crippen molar-refractivity contribution in [1.82, 2.24) is 4.90 Å². The lowest BCUT2D eigenvalue weighted by molar-refractivity contribution is -0.115. The number of nitriles is 2. The molecule has 0 spiro atoms. The molecular formula is C40H36Cl3N7O5. The van der Waals surface area contributed by atoms with Crippen molar-refractivity contribution >= 4 is 69.4 Å². The summed E-state index contributed by atoms with van der Waals surface area (Å²) in [6.07, 6.45) is 0. The van der Waals surface area contributed by atoms with E-state index < -0.39 is 0 Å². The zero-order valence-electron chi connectivity index (χ0n) is 30.0. The minimum Gasteiger partial charge on any atom is -0.491 e. The van der Waals surface area contributed by atoms with Crippen molar-refractivity contribution in [2.45, 2.75) is 0 Å². The van der Waals surface area contributed by atoms with E-state index in [1.54, 1.807) is 43.5 Å². The van der Waals surface area contributed by atoms with Gasteiger partial charge in [-0.15, -0.1) is 11.6 Å². The first kappa shape index (κ1) is 40.7. The van der Waals surface area contributed by atoms with Gasteiger partial charge in [0, 0.05) is 64.6 Å². The van der Waals surface area contributed by atoms with Crippen LogP contribution in [0.5, 0.6) is 11.5 Å². The van der Waals surface area contributed by atoms with Gasteiger partial charge in [0.15, 0.2) is 0 Å². The molecule has 2 amide bonds. The zero-order chi connectivity index (χ0) is 39.3. The summed E-state index contributed by atoms with van der Waals surface area (Å²) >= 11 is 18.3. The number of halogens is 3.